The number of aromatic nitrogens is 1. The fourth-order valence-corrected chi connectivity index (χ4v) is 4.56. The Labute approximate surface area is 169 Å². The van der Waals surface area contributed by atoms with Crippen LogP contribution < -0.4 is 0 Å². The van der Waals surface area contributed by atoms with Crippen LogP contribution in [0.3, 0.4) is 0 Å². The first kappa shape index (κ1) is 20.3. The van der Waals surface area contributed by atoms with Crippen LogP contribution in [0, 0.1) is 12.3 Å². The van der Waals surface area contributed by atoms with Crippen LogP contribution in [-0.2, 0) is 10.8 Å². The quantitative estimate of drug-likeness (QED) is 0.547. The Balaban J connectivity index is 1.88. The maximum atomic E-state index is 13.2. The molecule has 2 atom stereocenters. The number of hydrogen-bond acceptors (Lipinski definition) is 2. The number of benzene rings is 2. The van der Waals surface area contributed by atoms with Crippen molar-refractivity contribution in [1.29, 1.82) is 0 Å². The number of carbonyl (C=O) groups is 1. The molecule has 3 rings (SSSR count). The van der Waals surface area contributed by atoms with Crippen molar-refractivity contribution in [1.82, 2.24) is 4.57 Å². The molecule has 0 saturated carbocycles. The largest absolute Gasteiger partial charge is 0.279 e. The average molecular weight is 394 g/mol. The second-order valence-electron chi connectivity index (χ2n) is 8.23. The summed E-state index contributed by atoms with van der Waals surface area (Å²) >= 11 is 0. The fourth-order valence-electron chi connectivity index (χ4n) is 3.39. The topological polar surface area (TPSA) is 39.1 Å². The SMILES string of the molecule is Cc1ccc([S@](=O)c2cccn2C(=O)C[C@H](c2ccccc2)C(C)(C)C)cc1. The van der Waals surface area contributed by atoms with Gasteiger partial charge in [0.1, 0.15) is 15.8 Å². The molecule has 0 aliphatic rings. The van der Waals surface area contributed by atoms with Gasteiger partial charge in [0.25, 0.3) is 0 Å². The molecule has 3 nitrogen and oxygen atoms in total. The highest BCUT2D eigenvalue weighted by molar-refractivity contribution is 7.85. The third-order valence-corrected chi connectivity index (χ3v) is 6.44. The molecule has 4 heteroatoms. The van der Waals surface area contributed by atoms with Crippen molar-refractivity contribution in [3.8, 4) is 0 Å². The molecule has 2 aromatic carbocycles. The first-order chi connectivity index (χ1) is 13.3. The lowest BCUT2D eigenvalue weighted by Crippen LogP contribution is -2.24. The van der Waals surface area contributed by atoms with E-state index >= 15 is 0 Å². The summed E-state index contributed by atoms with van der Waals surface area (Å²) in [5.74, 6) is 0.0356. The molecule has 0 saturated heterocycles. The zero-order valence-electron chi connectivity index (χ0n) is 16.9. The normalized spacial score (nSPS) is 13.9. The van der Waals surface area contributed by atoms with Crippen molar-refractivity contribution >= 4 is 16.7 Å². The lowest BCUT2D eigenvalue weighted by molar-refractivity contribution is 0.0859. The lowest BCUT2D eigenvalue weighted by Gasteiger charge is -2.31. The summed E-state index contributed by atoms with van der Waals surface area (Å²) in [6.45, 7) is 8.45. The van der Waals surface area contributed by atoms with Crippen LogP contribution in [0.25, 0.3) is 0 Å². The zero-order valence-corrected chi connectivity index (χ0v) is 17.7. The lowest BCUT2D eigenvalue weighted by atomic mass is 9.74. The minimum atomic E-state index is -1.39. The van der Waals surface area contributed by atoms with E-state index in [1.807, 2.05) is 49.4 Å². The Bertz CT molecular complexity index is 966. The monoisotopic (exact) mass is 393 g/mol. The maximum Gasteiger partial charge on any atom is 0.232 e. The molecule has 0 bridgehead atoms. The molecule has 0 radical (unpaired) electrons. The predicted octanol–water partition coefficient (Wildman–Crippen LogP) is 5.82. The van der Waals surface area contributed by atoms with Crippen LogP contribution in [-0.4, -0.2) is 14.7 Å². The molecule has 146 valence electrons. The van der Waals surface area contributed by atoms with Gasteiger partial charge in [-0.05, 0) is 48.1 Å². The Hall–Kier alpha value is -2.46. The highest BCUT2D eigenvalue weighted by atomic mass is 32.2. The van der Waals surface area contributed by atoms with Gasteiger partial charge in [-0.1, -0.05) is 68.8 Å². The third-order valence-electron chi connectivity index (χ3n) is 5.03. The summed E-state index contributed by atoms with van der Waals surface area (Å²) in [4.78, 5) is 13.9. The minimum Gasteiger partial charge on any atom is -0.279 e. The summed E-state index contributed by atoms with van der Waals surface area (Å²) in [6.07, 6.45) is 2.08. The van der Waals surface area contributed by atoms with Gasteiger partial charge in [-0.15, -0.1) is 0 Å². The van der Waals surface area contributed by atoms with Crippen LogP contribution in [0.1, 0.15) is 49.0 Å². The van der Waals surface area contributed by atoms with E-state index in [4.69, 9.17) is 0 Å². The molecule has 3 aromatic rings. The second-order valence-corrected chi connectivity index (χ2v) is 9.65. The van der Waals surface area contributed by atoms with Gasteiger partial charge < -0.3 is 0 Å². The standard InChI is InChI=1S/C24H27NO2S/c1-18-12-14-20(15-13-18)28(27)23-11-8-16-25(23)22(26)17-21(24(2,3)4)19-9-6-5-7-10-19/h5-16,21H,17H2,1-4H3/t21-,28+/m1/s1. The van der Waals surface area contributed by atoms with Gasteiger partial charge in [-0.3, -0.25) is 9.36 Å². The number of aryl methyl sites for hydroxylation is 1. The molecule has 0 fully saturated rings. The van der Waals surface area contributed by atoms with E-state index in [0.29, 0.717) is 16.3 Å². The molecular weight excluding hydrogens is 366 g/mol. The van der Waals surface area contributed by atoms with Crippen molar-refractivity contribution in [2.24, 2.45) is 5.41 Å². The smallest absolute Gasteiger partial charge is 0.232 e. The van der Waals surface area contributed by atoms with Gasteiger partial charge >= 0.3 is 0 Å². The van der Waals surface area contributed by atoms with Crippen LogP contribution in [0.4, 0.5) is 0 Å². The van der Waals surface area contributed by atoms with E-state index in [2.05, 4.69) is 32.9 Å². The van der Waals surface area contributed by atoms with Crippen molar-refractivity contribution in [3.05, 3.63) is 84.1 Å². The Kier molecular flexibility index (Phi) is 5.99. The number of carbonyl (C=O) groups excluding carboxylic acids is 1. The second kappa shape index (κ2) is 8.27. The molecule has 0 N–H and O–H groups in total. The van der Waals surface area contributed by atoms with Crippen molar-refractivity contribution in [3.63, 3.8) is 0 Å². The minimum absolute atomic E-state index is 0.0377. The Morgan fingerprint density at radius 3 is 2.21 bits per heavy atom. The van der Waals surface area contributed by atoms with E-state index < -0.39 is 10.8 Å². The predicted molar refractivity (Wildman–Crippen MR) is 114 cm³/mol. The molecule has 0 unspecified atom stereocenters. The first-order valence-corrected chi connectivity index (χ1v) is 10.7. The van der Waals surface area contributed by atoms with Gasteiger partial charge in [0.05, 0.1) is 0 Å². The van der Waals surface area contributed by atoms with Gasteiger partial charge in [0, 0.05) is 17.5 Å². The van der Waals surface area contributed by atoms with Gasteiger partial charge in [-0.25, -0.2) is 4.21 Å². The summed E-state index contributed by atoms with van der Waals surface area (Å²) < 4.78 is 14.6. The molecule has 1 heterocycles. The highest BCUT2D eigenvalue weighted by Crippen LogP contribution is 2.38. The molecular formula is C24H27NO2S. The van der Waals surface area contributed by atoms with Gasteiger partial charge in [-0.2, -0.15) is 0 Å². The van der Waals surface area contributed by atoms with E-state index in [1.54, 1.807) is 22.9 Å². The summed E-state index contributed by atoms with van der Waals surface area (Å²) in [5.41, 5.74) is 2.19. The number of hydrogen-bond donors (Lipinski definition) is 0. The summed E-state index contributed by atoms with van der Waals surface area (Å²) in [6, 6.07) is 21.3. The van der Waals surface area contributed by atoms with Gasteiger partial charge in [0.15, 0.2) is 0 Å². The number of nitrogens with zero attached hydrogens (tertiary/aromatic N) is 1. The number of rotatable bonds is 5. The molecule has 0 aliphatic carbocycles. The van der Waals surface area contributed by atoms with Crippen molar-refractivity contribution in [2.75, 3.05) is 0 Å². The molecule has 0 spiro atoms. The van der Waals surface area contributed by atoms with Crippen molar-refractivity contribution < 1.29 is 9.00 Å². The van der Waals surface area contributed by atoms with E-state index in [-0.39, 0.29) is 17.2 Å². The van der Waals surface area contributed by atoms with E-state index in [1.165, 1.54) is 0 Å². The average Bonchev–Trinajstić information content (AvgIpc) is 3.15. The third kappa shape index (κ3) is 4.50. The van der Waals surface area contributed by atoms with E-state index in [0.717, 1.165) is 11.1 Å². The first-order valence-electron chi connectivity index (χ1n) is 9.51. The molecule has 1 aromatic heterocycles. The van der Waals surface area contributed by atoms with Crippen LogP contribution >= 0.6 is 0 Å². The molecule has 0 aliphatic heterocycles. The van der Waals surface area contributed by atoms with Gasteiger partial charge in [0.2, 0.25) is 5.91 Å². The van der Waals surface area contributed by atoms with Crippen LogP contribution in [0.15, 0.2) is 82.8 Å². The van der Waals surface area contributed by atoms with Crippen molar-refractivity contribution in [2.45, 2.75) is 50.0 Å². The molecule has 0 amide bonds. The summed E-state index contributed by atoms with van der Waals surface area (Å²) in [5, 5.41) is 0.523. The highest BCUT2D eigenvalue weighted by Gasteiger charge is 2.29. The Morgan fingerprint density at radius 1 is 0.964 bits per heavy atom. The zero-order chi connectivity index (χ0) is 20.3. The van der Waals surface area contributed by atoms with E-state index in [9.17, 15) is 9.00 Å². The molecule has 28 heavy (non-hydrogen) atoms. The Morgan fingerprint density at radius 2 is 1.61 bits per heavy atom. The van der Waals surface area contributed by atoms with Crippen LogP contribution in [0.5, 0.6) is 0 Å². The van der Waals surface area contributed by atoms with Crippen LogP contribution in [0.2, 0.25) is 0 Å². The maximum absolute atomic E-state index is 13.2. The fraction of sp³-hybridized carbons (Fsp3) is 0.292. The summed E-state index contributed by atoms with van der Waals surface area (Å²) in [7, 11) is -1.39.